The van der Waals surface area contributed by atoms with Gasteiger partial charge in [-0.25, -0.2) is 9.97 Å². The van der Waals surface area contributed by atoms with Crippen molar-refractivity contribution in [3.05, 3.63) is 18.0 Å². The van der Waals surface area contributed by atoms with Crippen LogP contribution in [0.2, 0.25) is 0 Å². The molecule has 1 aromatic heterocycles. The zero-order valence-corrected chi connectivity index (χ0v) is 10.0. The van der Waals surface area contributed by atoms with E-state index < -0.39 is 0 Å². The molecule has 0 amide bonds. The molecule has 0 aliphatic carbocycles. The molecular weight excluding hydrogens is 200 g/mol. The number of hydrogen-bond donors (Lipinski definition) is 2. The molecule has 1 unspecified atom stereocenters. The van der Waals surface area contributed by atoms with Crippen molar-refractivity contribution >= 4 is 5.95 Å². The van der Waals surface area contributed by atoms with E-state index in [0.29, 0.717) is 12.0 Å². The van der Waals surface area contributed by atoms with Crippen LogP contribution in [0.1, 0.15) is 38.3 Å². The third-order valence-corrected chi connectivity index (χ3v) is 2.90. The van der Waals surface area contributed by atoms with E-state index in [4.69, 9.17) is 0 Å². The molecule has 2 rings (SSSR count). The van der Waals surface area contributed by atoms with Crippen LogP contribution in [0.15, 0.2) is 12.3 Å². The van der Waals surface area contributed by atoms with E-state index in [-0.39, 0.29) is 0 Å². The van der Waals surface area contributed by atoms with E-state index in [9.17, 15) is 0 Å². The smallest absolute Gasteiger partial charge is 0.223 e. The molecule has 2 N–H and O–H groups in total. The molecule has 88 valence electrons. The van der Waals surface area contributed by atoms with Crippen LogP contribution < -0.4 is 10.6 Å². The van der Waals surface area contributed by atoms with Gasteiger partial charge in [-0.1, -0.05) is 13.8 Å². The Balaban J connectivity index is 2.00. The second-order valence-corrected chi connectivity index (χ2v) is 4.65. The fourth-order valence-electron chi connectivity index (χ4n) is 1.92. The molecule has 0 aromatic carbocycles. The maximum Gasteiger partial charge on any atom is 0.223 e. The van der Waals surface area contributed by atoms with Gasteiger partial charge in [0.05, 0.1) is 0 Å². The molecule has 1 aliphatic heterocycles. The van der Waals surface area contributed by atoms with Gasteiger partial charge in [0.2, 0.25) is 5.95 Å². The molecule has 0 saturated carbocycles. The van der Waals surface area contributed by atoms with Crippen LogP contribution in [0.25, 0.3) is 0 Å². The van der Waals surface area contributed by atoms with Crippen LogP contribution in [0.3, 0.4) is 0 Å². The quantitative estimate of drug-likeness (QED) is 0.815. The molecule has 1 saturated heterocycles. The zero-order valence-electron chi connectivity index (χ0n) is 10.0. The standard InChI is InChI=1S/C12H20N4/c1-9(2)11-5-7-14-12(16-11)15-10-4-3-6-13-8-10/h5,7,9-10,13H,3-4,6,8H2,1-2H3,(H,14,15,16). The van der Waals surface area contributed by atoms with E-state index in [1.54, 1.807) is 0 Å². The summed E-state index contributed by atoms with van der Waals surface area (Å²) in [5.74, 6) is 1.22. The minimum Gasteiger partial charge on any atom is -0.350 e. The second kappa shape index (κ2) is 5.25. The number of hydrogen-bond acceptors (Lipinski definition) is 4. The fraction of sp³-hybridized carbons (Fsp3) is 0.667. The summed E-state index contributed by atoms with van der Waals surface area (Å²) < 4.78 is 0. The van der Waals surface area contributed by atoms with Gasteiger partial charge in [0.1, 0.15) is 0 Å². The lowest BCUT2D eigenvalue weighted by Crippen LogP contribution is -2.38. The number of nitrogens with one attached hydrogen (secondary N) is 2. The predicted octanol–water partition coefficient (Wildman–Crippen LogP) is 1.76. The van der Waals surface area contributed by atoms with Crippen molar-refractivity contribution in [2.45, 2.75) is 38.6 Å². The summed E-state index contributed by atoms with van der Waals surface area (Å²) in [6.07, 6.45) is 4.25. The first-order valence-electron chi connectivity index (χ1n) is 6.06. The zero-order chi connectivity index (χ0) is 11.4. The Morgan fingerprint density at radius 1 is 1.50 bits per heavy atom. The molecule has 0 bridgehead atoms. The Kier molecular flexibility index (Phi) is 3.72. The fourth-order valence-corrected chi connectivity index (χ4v) is 1.92. The molecule has 4 nitrogen and oxygen atoms in total. The molecule has 16 heavy (non-hydrogen) atoms. The lowest BCUT2D eigenvalue weighted by Gasteiger charge is -2.23. The third-order valence-electron chi connectivity index (χ3n) is 2.90. The summed E-state index contributed by atoms with van der Waals surface area (Å²) in [4.78, 5) is 8.78. The molecule has 1 aliphatic rings. The van der Waals surface area contributed by atoms with Crippen molar-refractivity contribution in [3.8, 4) is 0 Å². The average Bonchev–Trinajstić information content (AvgIpc) is 2.30. The van der Waals surface area contributed by atoms with Gasteiger partial charge in [-0.2, -0.15) is 0 Å². The minimum absolute atomic E-state index is 0.452. The number of aromatic nitrogens is 2. The van der Waals surface area contributed by atoms with E-state index in [2.05, 4.69) is 34.4 Å². The summed E-state index contributed by atoms with van der Waals surface area (Å²) in [6, 6.07) is 2.45. The van der Waals surface area contributed by atoms with E-state index in [0.717, 1.165) is 24.7 Å². The molecule has 1 fully saturated rings. The number of piperidine rings is 1. The van der Waals surface area contributed by atoms with Crippen molar-refractivity contribution in [2.75, 3.05) is 18.4 Å². The van der Waals surface area contributed by atoms with E-state index in [1.165, 1.54) is 12.8 Å². The van der Waals surface area contributed by atoms with Crippen LogP contribution in [-0.2, 0) is 0 Å². The van der Waals surface area contributed by atoms with Gasteiger partial charge in [0, 0.05) is 24.5 Å². The van der Waals surface area contributed by atoms with Crippen LogP contribution >= 0.6 is 0 Å². The van der Waals surface area contributed by atoms with Gasteiger partial charge in [0.15, 0.2) is 0 Å². The molecule has 2 heterocycles. The summed E-state index contributed by atoms with van der Waals surface area (Å²) in [6.45, 7) is 6.43. The van der Waals surface area contributed by atoms with Crippen LogP contribution in [-0.4, -0.2) is 29.1 Å². The van der Waals surface area contributed by atoms with Crippen LogP contribution in [0, 0.1) is 0 Å². The second-order valence-electron chi connectivity index (χ2n) is 4.65. The average molecular weight is 220 g/mol. The Morgan fingerprint density at radius 3 is 3.06 bits per heavy atom. The minimum atomic E-state index is 0.452. The molecule has 4 heteroatoms. The van der Waals surface area contributed by atoms with Crippen molar-refractivity contribution in [1.82, 2.24) is 15.3 Å². The maximum absolute atomic E-state index is 4.52. The largest absolute Gasteiger partial charge is 0.350 e. The van der Waals surface area contributed by atoms with E-state index >= 15 is 0 Å². The number of rotatable bonds is 3. The molecule has 1 atom stereocenters. The first-order valence-corrected chi connectivity index (χ1v) is 6.06. The van der Waals surface area contributed by atoms with Gasteiger partial charge in [-0.3, -0.25) is 0 Å². The molecule has 0 spiro atoms. The number of anilines is 1. The first-order chi connectivity index (χ1) is 7.75. The Hall–Kier alpha value is -1.16. The summed E-state index contributed by atoms with van der Waals surface area (Å²) in [5.41, 5.74) is 1.10. The summed E-state index contributed by atoms with van der Waals surface area (Å²) in [5, 5.41) is 6.77. The van der Waals surface area contributed by atoms with Crippen LogP contribution in [0.5, 0.6) is 0 Å². The number of nitrogens with zero attached hydrogens (tertiary/aromatic N) is 2. The SMILES string of the molecule is CC(C)c1ccnc(NC2CCCNC2)n1. The monoisotopic (exact) mass is 220 g/mol. The lowest BCUT2D eigenvalue weighted by atomic mass is 10.1. The van der Waals surface area contributed by atoms with Gasteiger partial charge in [0.25, 0.3) is 0 Å². The highest BCUT2D eigenvalue weighted by Crippen LogP contribution is 2.13. The highest BCUT2D eigenvalue weighted by atomic mass is 15.1. The highest BCUT2D eigenvalue weighted by Gasteiger charge is 2.13. The van der Waals surface area contributed by atoms with Gasteiger partial charge in [-0.15, -0.1) is 0 Å². The van der Waals surface area contributed by atoms with Crippen molar-refractivity contribution in [3.63, 3.8) is 0 Å². The summed E-state index contributed by atoms with van der Waals surface area (Å²) in [7, 11) is 0. The first kappa shape index (κ1) is 11.3. The van der Waals surface area contributed by atoms with E-state index in [1.807, 2.05) is 12.3 Å². The van der Waals surface area contributed by atoms with Crippen molar-refractivity contribution in [2.24, 2.45) is 0 Å². The molecule has 0 radical (unpaired) electrons. The highest BCUT2D eigenvalue weighted by molar-refractivity contribution is 5.28. The van der Waals surface area contributed by atoms with Crippen molar-refractivity contribution in [1.29, 1.82) is 0 Å². The van der Waals surface area contributed by atoms with Crippen LogP contribution in [0.4, 0.5) is 5.95 Å². The topological polar surface area (TPSA) is 49.8 Å². The van der Waals surface area contributed by atoms with Gasteiger partial charge < -0.3 is 10.6 Å². The summed E-state index contributed by atoms with van der Waals surface area (Å²) >= 11 is 0. The lowest BCUT2D eigenvalue weighted by molar-refractivity contribution is 0.477. The van der Waals surface area contributed by atoms with Gasteiger partial charge >= 0.3 is 0 Å². The predicted molar refractivity (Wildman–Crippen MR) is 65.6 cm³/mol. The molecule has 1 aromatic rings. The third kappa shape index (κ3) is 2.92. The Labute approximate surface area is 96.9 Å². The Bertz CT molecular complexity index is 332. The normalized spacial score (nSPS) is 21.1. The van der Waals surface area contributed by atoms with Crippen molar-refractivity contribution < 1.29 is 0 Å². The van der Waals surface area contributed by atoms with Gasteiger partial charge in [-0.05, 0) is 31.4 Å². The Morgan fingerprint density at radius 2 is 2.38 bits per heavy atom. The molecular formula is C12H20N4. The maximum atomic E-state index is 4.52.